The fourth-order valence-electron chi connectivity index (χ4n) is 4.06. The number of hydrogen-bond donors (Lipinski definition) is 2. The molecule has 2 saturated carbocycles. The fraction of sp³-hybridized carbons (Fsp3) is 0.941. The maximum Gasteiger partial charge on any atom is 0.220 e. The molecule has 0 aromatic carbocycles. The van der Waals surface area contributed by atoms with Gasteiger partial charge in [-0.05, 0) is 43.6 Å². The van der Waals surface area contributed by atoms with Gasteiger partial charge in [0.15, 0.2) is 0 Å². The molecule has 0 radical (unpaired) electrons. The minimum absolute atomic E-state index is 0.0936. The van der Waals surface area contributed by atoms with Gasteiger partial charge in [0.2, 0.25) is 5.91 Å². The predicted molar refractivity (Wildman–Crippen MR) is 83.4 cm³/mol. The van der Waals surface area contributed by atoms with Crippen LogP contribution in [0.4, 0.5) is 0 Å². The smallest absolute Gasteiger partial charge is 0.220 e. The summed E-state index contributed by atoms with van der Waals surface area (Å²) >= 11 is 0. The molecule has 0 saturated heterocycles. The van der Waals surface area contributed by atoms with Gasteiger partial charge in [-0.2, -0.15) is 0 Å². The first-order valence-corrected chi connectivity index (χ1v) is 8.65. The summed E-state index contributed by atoms with van der Waals surface area (Å²) in [6, 6.07) is 0.392. The summed E-state index contributed by atoms with van der Waals surface area (Å²) in [5, 5.41) is 3.32. The molecule has 116 valence electrons. The number of rotatable bonds is 4. The number of hydrogen-bond acceptors (Lipinski definition) is 2. The van der Waals surface area contributed by atoms with Gasteiger partial charge in [0.25, 0.3) is 0 Å². The number of nitrogens with one attached hydrogen (secondary N) is 1. The maximum atomic E-state index is 12.4. The van der Waals surface area contributed by atoms with Crippen LogP contribution in [0.3, 0.4) is 0 Å². The highest BCUT2D eigenvalue weighted by Gasteiger charge is 2.33. The minimum Gasteiger partial charge on any atom is -0.353 e. The van der Waals surface area contributed by atoms with Crippen LogP contribution in [-0.4, -0.2) is 18.5 Å². The van der Waals surface area contributed by atoms with Crippen LogP contribution >= 0.6 is 0 Å². The van der Waals surface area contributed by atoms with E-state index in [1.54, 1.807) is 0 Å². The third-order valence-electron chi connectivity index (χ3n) is 5.59. The molecule has 2 fully saturated rings. The second-order valence-corrected chi connectivity index (χ2v) is 7.23. The van der Waals surface area contributed by atoms with Crippen molar-refractivity contribution in [2.45, 2.75) is 83.6 Å². The van der Waals surface area contributed by atoms with Gasteiger partial charge >= 0.3 is 0 Å². The van der Waals surface area contributed by atoms with Crippen LogP contribution in [-0.2, 0) is 4.79 Å². The van der Waals surface area contributed by atoms with Crippen LogP contribution < -0.4 is 11.1 Å². The Morgan fingerprint density at radius 2 is 1.75 bits per heavy atom. The molecule has 2 atom stereocenters. The number of carbonyl (C=O) groups excluding carboxylic acids is 1. The van der Waals surface area contributed by atoms with E-state index < -0.39 is 0 Å². The van der Waals surface area contributed by atoms with Crippen molar-refractivity contribution >= 4 is 5.91 Å². The van der Waals surface area contributed by atoms with Crippen molar-refractivity contribution in [3.63, 3.8) is 0 Å². The third-order valence-corrected chi connectivity index (χ3v) is 5.59. The first kappa shape index (κ1) is 15.8. The Balaban J connectivity index is 1.87. The average molecular weight is 280 g/mol. The molecule has 0 heterocycles. The molecule has 2 aliphatic carbocycles. The Bertz CT molecular complexity index is 310. The van der Waals surface area contributed by atoms with E-state index in [0.717, 1.165) is 19.3 Å². The molecule has 0 aliphatic heterocycles. The molecule has 0 aromatic heterocycles. The lowest BCUT2D eigenvalue weighted by molar-refractivity contribution is -0.125. The van der Waals surface area contributed by atoms with Crippen LogP contribution in [0.1, 0.15) is 77.6 Å². The van der Waals surface area contributed by atoms with Crippen molar-refractivity contribution in [3.05, 3.63) is 0 Å². The van der Waals surface area contributed by atoms with E-state index in [4.69, 9.17) is 5.73 Å². The maximum absolute atomic E-state index is 12.4. The third kappa shape index (κ3) is 4.21. The highest BCUT2D eigenvalue weighted by Crippen LogP contribution is 2.38. The van der Waals surface area contributed by atoms with Gasteiger partial charge < -0.3 is 11.1 Å². The molecular weight excluding hydrogens is 248 g/mol. The van der Waals surface area contributed by atoms with Crippen LogP contribution in [0.2, 0.25) is 0 Å². The van der Waals surface area contributed by atoms with Crippen molar-refractivity contribution in [2.24, 2.45) is 17.1 Å². The normalized spacial score (nSPS) is 30.5. The molecule has 2 aliphatic rings. The van der Waals surface area contributed by atoms with Gasteiger partial charge in [0.1, 0.15) is 0 Å². The van der Waals surface area contributed by atoms with Crippen LogP contribution in [0.15, 0.2) is 0 Å². The van der Waals surface area contributed by atoms with Crippen molar-refractivity contribution in [2.75, 3.05) is 6.54 Å². The Morgan fingerprint density at radius 1 is 1.10 bits per heavy atom. The largest absolute Gasteiger partial charge is 0.353 e. The summed E-state index contributed by atoms with van der Waals surface area (Å²) in [4.78, 5) is 12.4. The van der Waals surface area contributed by atoms with Gasteiger partial charge in [0, 0.05) is 12.5 Å². The first-order chi connectivity index (χ1) is 9.65. The second-order valence-electron chi connectivity index (χ2n) is 7.23. The highest BCUT2D eigenvalue weighted by molar-refractivity contribution is 5.77. The molecule has 0 bridgehead atoms. The second kappa shape index (κ2) is 7.44. The summed E-state index contributed by atoms with van der Waals surface area (Å²) in [5.74, 6) is 0.873. The minimum atomic E-state index is 0.0936. The van der Waals surface area contributed by atoms with E-state index in [-0.39, 0.29) is 11.3 Å². The quantitative estimate of drug-likeness (QED) is 0.776. The lowest BCUT2D eigenvalue weighted by Gasteiger charge is -2.36. The monoisotopic (exact) mass is 280 g/mol. The molecule has 0 aromatic rings. The lowest BCUT2D eigenvalue weighted by atomic mass is 9.71. The molecular formula is C17H32N2O. The van der Waals surface area contributed by atoms with Crippen molar-refractivity contribution in [1.29, 1.82) is 0 Å². The zero-order chi connectivity index (χ0) is 14.4. The SMILES string of the molecule is CC1CCCCCC1NC(=O)CC1(CN)CCCCC1. The van der Waals surface area contributed by atoms with Gasteiger partial charge in [-0.15, -0.1) is 0 Å². The van der Waals surface area contributed by atoms with E-state index in [1.807, 2.05) is 0 Å². The Kier molecular flexibility index (Phi) is 5.88. The molecule has 3 heteroatoms. The number of nitrogens with two attached hydrogens (primary N) is 1. The van der Waals surface area contributed by atoms with Crippen molar-refractivity contribution < 1.29 is 4.79 Å². The standard InChI is InChI=1S/C17H32N2O/c1-14-8-4-2-5-9-15(14)19-16(20)12-17(13-18)10-6-3-7-11-17/h14-15H,2-13,18H2,1H3,(H,19,20). The Morgan fingerprint density at radius 3 is 2.45 bits per heavy atom. The Labute approximate surface area is 124 Å². The van der Waals surface area contributed by atoms with E-state index in [9.17, 15) is 4.79 Å². The molecule has 3 nitrogen and oxygen atoms in total. The van der Waals surface area contributed by atoms with E-state index in [0.29, 0.717) is 24.9 Å². The van der Waals surface area contributed by atoms with Gasteiger partial charge in [-0.1, -0.05) is 45.4 Å². The van der Waals surface area contributed by atoms with E-state index in [2.05, 4.69) is 12.2 Å². The average Bonchev–Trinajstić information content (AvgIpc) is 2.65. The van der Waals surface area contributed by atoms with Gasteiger partial charge in [-0.3, -0.25) is 4.79 Å². The summed E-state index contributed by atoms with van der Waals surface area (Å²) in [5.41, 5.74) is 6.09. The van der Waals surface area contributed by atoms with Crippen molar-refractivity contribution in [3.8, 4) is 0 Å². The lowest BCUT2D eigenvalue weighted by Crippen LogP contribution is -2.43. The molecule has 20 heavy (non-hydrogen) atoms. The number of carbonyl (C=O) groups is 1. The summed E-state index contributed by atoms with van der Waals surface area (Å²) in [7, 11) is 0. The van der Waals surface area contributed by atoms with Crippen LogP contribution in [0.25, 0.3) is 0 Å². The summed E-state index contributed by atoms with van der Waals surface area (Å²) in [6.07, 6.45) is 13.0. The van der Waals surface area contributed by atoms with Crippen LogP contribution in [0, 0.1) is 11.3 Å². The van der Waals surface area contributed by atoms with Crippen molar-refractivity contribution in [1.82, 2.24) is 5.32 Å². The van der Waals surface area contributed by atoms with Crippen LogP contribution in [0.5, 0.6) is 0 Å². The Hall–Kier alpha value is -0.570. The molecule has 3 N–H and O–H groups in total. The zero-order valence-electron chi connectivity index (χ0n) is 13.1. The molecule has 0 spiro atoms. The fourth-order valence-corrected chi connectivity index (χ4v) is 4.06. The first-order valence-electron chi connectivity index (χ1n) is 8.65. The molecule has 2 unspecified atom stereocenters. The summed E-state index contributed by atoms with van der Waals surface area (Å²) < 4.78 is 0. The highest BCUT2D eigenvalue weighted by atomic mass is 16.1. The van der Waals surface area contributed by atoms with Gasteiger partial charge in [-0.25, -0.2) is 0 Å². The van der Waals surface area contributed by atoms with Gasteiger partial charge in [0.05, 0.1) is 0 Å². The zero-order valence-corrected chi connectivity index (χ0v) is 13.1. The molecule has 1 amide bonds. The topological polar surface area (TPSA) is 55.1 Å². The summed E-state index contributed by atoms with van der Waals surface area (Å²) in [6.45, 7) is 2.95. The molecule has 2 rings (SSSR count). The predicted octanol–water partition coefficient (Wildman–Crippen LogP) is 3.37. The van der Waals surface area contributed by atoms with E-state index >= 15 is 0 Å². The number of amides is 1. The van der Waals surface area contributed by atoms with E-state index in [1.165, 1.54) is 44.9 Å².